The zero-order chi connectivity index (χ0) is 8.15. The van der Waals surface area contributed by atoms with Crippen LogP contribution in [0.2, 0.25) is 0 Å². The van der Waals surface area contributed by atoms with E-state index in [0.29, 0.717) is 0 Å². The highest BCUT2D eigenvalue weighted by atomic mass is 32.4. The van der Waals surface area contributed by atoms with E-state index in [-0.39, 0.29) is 6.70 Å². The normalized spacial score (nSPS) is 11.0. The molecule has 0 N–H and O–H groups in total. The summed E-state index contributed by atoms with van der Waals surface area (Å²) in [5.41, 5.74) is 0. The van der Waals surface area contributed by atoms with E-state index < -0.39 is 0 Å². The molecule has 0 nitrogen and oxygen atoms in total. The van der Waals surface area contributed by atoms with Crippen molar-refractivity contribution in [2.75, 3.05) is 12.3 Å². The third kappa shape index (κ3) is 6.64. The van der Waals surface area contributed by atoms with Crippen LogP contribution < -0.4 is 0 Å². The van der Waals surface area contributed by atoms with Crippen LogP contribution in [0, 0.1) is 11.8 Å². The highest BCUT2D eigenvalue weighted by Gasteiger charge is 2.13. The summed E-state index contributed by atoms with van der Waals surface area (Å²) < 4.78 is 0. The second kappa shape index (κ2) is 5.21. The Balaban J connectivity index is 3.44. The number of rotatable bonds is 4. The van der Waals surface area contributed by atoms with Crippen LogP contribution in [0.15, 0.2) is 0 Å². The molecule has 0 aromatic rings. The molecular formula is C8H18PS+. The fourth-order valence-corrected chi connectivity index (χ4v) is 4.46. The van der Waals surface area contributed by atoms with Gasteiger partial charge in [0.05, 0.1) is 0 Å². The fourth-order valence-electron chi connectivity index (χ4n) is 0.889. The molecule has 0 spiro atoms. The molecule has 0 aliphatic carbocycles. The lowest BCUT2D eigenvalue weighted by Gasteiger charge is -1.98. The molecular weight excluding hydrogens is 159 g/mol. The van der Waals surface area contributed by atoms with Crippen LogP contribution in [0.5, 0.6) is 0 Å². The highest BCUT2D eigenvalue weighted by Crippen LogP contribution is 2.26. The zero-order valence-corrected chi connectivity index (χ0v) is 9.14. The molecule has 10 heavy (non-hydrogen) atoms. The maximum atomic E-state index is 5.35. The van der Waals surface area contributed by atoms with Crippen molar-refractivity contribution in [3.63, 3.8) is 0 Å². The third-order valence-electron chi connectivity index (χ3n) is 1.14. The monoisotopic (exact) mass is 177 g/mol. The predicted molar refractivity (Wildman–Crippen MR) is 53.7 cm³/mol. The molecule has 60 valence electrons. The Hall–Kier alpha value is 0.520. The maximum absolute atomic E-state index is 5.35. The van der Waals surface area contributed by atoms with Crippen LogP contribution in [-0.4, -0.2) is 12.3 Å². The average molecular weight is 177 g/mol. The van der Waals surface area contributed by atoms with Crippen LogP contribution in [0.4, 0.5) is 0 Å². The summed E-state index contributed by atoms with van der Waals surface area (Å²) in [5, 5.41) is 0. The first-order chi connectivity index (χ1) is 4.52. The number of hydrogen-bond acceptors (Lipinski definition) is 1. The molecule has 0 heterocycles. The second-order valence-corrected chi connectivity index (χ2v) is 6.88. The van der Waals surface area contributed by atoms with Crippen LogP contribution in [-0.2, 0) is 11.8 Å². The molecule has 0 aromatic heterocycles. The standard InChI is InChI=1S/C8H18PS/c1-7(2)5-9(10)6-8(3)4/h7-8H,5-6H2,1-4H3/q+1. The van der Waals surface area contributed by atoms with Gasteiger partial charge in [0.25, 0.3) is 0 Å². The van der Waals surface area contributed by atoms with Crippen LogP contribution in [0.1, 0.15) is 27.7 Å². The zero-order valence-electron chi connectivity index (χ0n) is 7.42. The summed E-state index contributed by atoms with van der Waals surface area (Å²) in [6.07, 6.45) is 2.53. The van der Waals surface area contributed by atoms with Gasteiger partial charge >= 0.3 is 0 Å². The highest BCUT2D eigenvalue weighted by molar-refractivity contribution is 8.05. The minimum Gasteiger partial charge on any atom is -0.0588 e. The minimum atomic E-state index is -0.0761. The van der Waals surface area contributed by atoms with Gasteiger partial charge < -0.3 is 0 Å². The Kier molecular flexibility index (Phi) is 5.48. The fraction of sp³-hybridized carbons (Fsp3) is 1.00. The van der Waals surface area contributed by atoms with Crippen molar-refractivity contribution in [1.82, 2.24) is 0 Å². The van der Waals surface area contributed by atoms with Gasteiger partial charge in [0.1, 0.15) is 12.3 Å². The molecule has 0 atom stereocenters. The van der Waals surface area contributed by atoms with E-state index in [2.05, 4.69) is 27.7 Å². The first-order valence-electron chi connectivity index (χ1n) is 3.94. The van der Waals surface area contributed by atoms with Gasteiger partial charge in [-0.3, -0.25) is 0 Å². The van der Waals surface area contributed by atoms with Crippen molar-refractivity contribution in [2.24, 2.45) is 11.8 Å². The second-order valence-electron chi connectivity index (χ2n) is 3.63. The van der Waals surface area contributed by atoms with E-state index in [0.717, 1.165) is 11.8 Å². The Morgan fingerprint density at radius 1 is 1.00 bits per heavy atom. The molecule has 0 aliphatic rings. The van der Waals surface area contributed by atoms with Crippen molar-refractivity contribution < 1.29 is 0 Å². The van der Waals surface area contributed by atoms with Gasteiger partial charge in [-0.1, -0.05) is 27.7 Å². The van der Waals surface area contributed by atoms with E-state index in [1.54, 1.807) is 0 Å². The van der Waals surface area contributed by atoms with Gasteiger partial charge in [-0.05, 0) is 11.8 Å². The summed E-state index contributed by atoms with van der Waals surface area (Å²) >= 11 is 5.35. The Morgan fingerprint density at radius 3 is 1.50 bits per heavy atom. The first kappa shape index (κ1) is 10.5. The van der Waals surface area contributed by atoms with Crippen LogP contribution in [0.3, 0.4) is 0 Å². The lowest BCUT2D eigenvalue weighted by atomic mass is 10.3. The molecule has 0 bridgehead atoms. The molecule has 0 saturated heterocycles. The van der Waals surface area contributed by atoms with E-state index >= 15 is 0 Å². The van der Waals surface area contributed by atoms with Gasteiger partial charge in [-0.15, -0.1) is 0 Å². The summed E-state index contributed by atoms with van der Waals surface area (Å²) in [5.74, 6) is 1.59. The lowest BCUT2D eigenvalue weighted by Crippen LogP contribution is -1.96. The van der Waals surface area contributed by atoms with Crippen LogP contribution >= 0.6 is 6.70 Å². The molecule has 0 aliphatic heterocycles. The topological polar surface area (TPSA) is 0 Å². The minimum absolute atomic E-state index is 0.0761. The van der Waals surface area contributed by atoms with Gasteiger partial charge in [-0.2, -0.15) is 0 Å². The van der Waals surface area contributed by atoms with E-state index in [9.17, 15) is 0 Å². The molecule has 0 radical (unpaired) electrons. The quantitative estimate of drug-likeness (QED) is 0.594. The van der Waals surface area contributed by atoms with E-state index in [1.165, 1.54) is 12.3 Å². The van der Waals surface area contributed by atoms with Crippen molar-refractivity contribution >= 4 is 18.5 Å². The summed E-state index contributed by atoms with van der Waals surface area (Å²) in [7, 11) is 0. The Labute approximate surface area is 70.8 Å². The smallest absolute Gasteiger partial charge is 0.0588 e. The SMILES string of the molecule is CC(C)C[P+](=S)CC(C)C. The summed E-state index contributed by atoms with van der Waals surface area (Å²) in [6.45, 7) is 8.93. The maximum Gasteiger partial charge on any atom is 0.175 e. The molecule has 2 heteroatoms. The van der Waals surface area contributed by atoms with Gasteiger partial charge in [-0.25, -0.2) is 0 Å². The molecule has 0 rings (SSSR count). The molecule has 0 amide bonds. The number of hydrogen-bond donors (Lipinski definition) is 0. The molecule has 0 unspecified atom stereocenters. The average Bonchev–Trinajstić information content (AvgIpc) is 1.58. The van der Waals surface area contributed by atoms with Crippen molar-refractivity contribution in [3.05, 3.63) is 0 Å². The largest absolute Gasteiger partial charge is 0.175 e. The lowest BCUT2D eigenvalue weighted by molar-refractivity contribution is 0.724. The third-order valence-corrected chi connectivity index (χ3v) is 4.31. The van der Waals surface area contributed by atoms with Gasteiger partial charge in [0, 0.05) is 0 Å². The van der Waals surface area contributed by atoms with E-state index in [4.69, 9.17) is 11.8 Å². The summed E-state index contributed by atoms with van der Waals surface area (Å²) in [4.78, 5) is 0. The van der Waals surface area contributed by atoms with Crippen molar-refractivity contribution in [2.45, 2.75) is 27.7 Å². The van der Waals surface area contributed by atoms with Crippen molar-refractivity contribution in [3.8, 4) is 0 Å². The molecule has 0 saturated carbocycles. The first-order valence-corrected chi connectivity index (χ1v) is 6.67. The van der Waals surface area contributed by atoms with Crippen LogP contribution in [0.25, 0.3) is 0 Å². The molecule has 0 aromatic carbocycles. The van der Waals surface area contributed by atoms with Gasteiger partial charge in [0.2, 0.25) is 0 Å². The Bertz CT molecular complexity index is 95.8. The summed E-state index contributed by atoms with van der Waals surface area (Å²) in [6, 6.07) is 0. The van der Waals surface area contributed by atoms with Gasteiger partial charge in [0.15, 0.2) is 18.5 Å². The van der Waals surface area contributed by atoms with E-state index in [1.807, 2.05) is 0 Å². The predicted octanol–water partition coefficient (Wildman–Crippen LogP) is 3.24. The van der Waals surface area contributed by atoms with Crippen molar-refractivity contribution in [1.29, 1.82) is 0 Å². The molecule has 0 fully saturated rings. The Morgan fingerprint density at radius 2 is 1.30 bits per heavy atom.